The number of benzene rings is 2. The third kappa shape index (κ3) is 5.40. The van der Waals surface area contributed by atoms with Gasteiger partial charge in [0.2, 0.25) is 0 Å². The van der Waals surface area contributed by atoms with E-state index >= 15 is 0 Å². The molecule has 0 fully saturated rings. The van der Waals surface area contributed by atoms with Crippen molar-refractivity contribution in [1.82, 2.24) is 5.32 Å². The van der Waals surface area contributed by atoms with Gasteiger partial charge in [0.15, 0.2) is 5.11 Å². The van der Waals surface area contributed by atoms with Crippen molar-refractivity contribution in [2.45, 2.75) is 12.5 Å². The maximum absolute atomic E-state index is 11.7. The zero-order valence-electron chi connectivity index (χ0n) is 15.6. The summed E-state index contributed by atoms with van der Waals surface area (Å²) in [6.07, 6.45) is -0.227. The van der Waals surface area contributed by atoms with Crippen LogP contribution in [0.5, 0.6) is 0 Å². The summed E-state index contributed by atoms with van der Waals surface area (Å²) in [7, 11) is 1.34. The molecule has 3 rings (SSSR count). The highest BCUT2D eigenvalue weighted by molar-refractivity contribution is 7.80. The normalized spacial score (nSPS) is 11.7. The van der Waals surface area contributed by atoms with E-state index in [-0.39, 0.29) is 17.5 Å². The Morgan fingerprint density at radius 3 is 2.63 bits per heavy atom. The molecular formula is C20H16Cl2N2O4S2. The second kappa shape index (κ2) is 9.61. The van der Waals surface area contributed by atoms with Gasteiger partial charge in [0.1, 0.15) is 4.88 Å². The summed E-state index contributed by atoms with van der Waals surface area (Å²) < 4.78 is 5.68. The monoisotopic (exact) mass is 482 g/mol. The van der Waals surface area contributed by atoms with Gasteiger partial charge in [0.05, 0.1) is 19.6 Å². The van der Waals surface area contributed by atoms with Crippen molar-refractivity contribution in [1.29, 1.82) is 0 Å². The van der Waals surface area contributed by atoms with Crippen molar-refractivity contribution in [3.05, 3.63) is 63.0 Å². The van der Waals surface area contributed by atoms with Crippen molar-refractivity contribution in [2.75, 3.05) is 12.4 Å². The smallest absolute Gasteiger partial charge is 0.348 e. The minimum absolute atomic E-state index is 0.227. The van der Waals surface area contributed by atoms with E-state index in [0.29, 0.717) is 26.2 Å². The van der Waals surface area contributed by atoms with Crippen molar-refractivity contribution >= 4 is 79.6 Å². The zero-order chi connectivity index (χ0) is 21.8. The van der Waals surface area contributed by atoms with E-state index in [2.05, 4.69) is 10.6 Å². The topological polar surface area (TPSA) is 87.7 Å². The van der Waals surface area contributed by atoms with Gasteiger partial charge in [-0.15, -0.1) is 11.3 Å². The van der Waals surface area contributed by atoms with Crippen LogP contribution >= 0.6 is 46.8 Å². The van der Waals surface area contributed by atoms with E-state index in [1.54, 1.807) is 24.3 Å². The number of hydrogen-bond acceptors (Lipinski definition) is 5. The van der Waals surface area contributed by atoms with Gasteiger partial charge in [-0.05, 0) is 59.6 Å². The molecule has 1 heterocycles. The van der Waals surface area contributed by atoms with Gasteiger partial charge in [-0.2, -0.15) is 0 Å². The van der Waals surface area contributed by atoms with Gasteiger partial charge in [0, 0.05) is 20.4 Å². The van der Waals surface area contributed by atoms with Gasteiger partial charge >= 0.3 is 11.9 Å². The molecule has 0 unspecified atom stereocenters. The molecule has 0 aliphatic carbocycles. The van der Waals surface area contributed by atoms with E-state index in [0.717, 1.165) is 10.1 Å². The number of carbonyl (C=O) groups excluding carboxylic acids is 1. The molecule has 156 valence electrons. The van der Waals surface area contributed by atoms with Crippen LogP contribution in [0.3, 0.4) is 0 Å². The number of halogens is 2. The molecule has 0 amide bonds. The molecule has 0 radical (unpaired) electrons. The van der Waals surface area contributed by atoms with E-state index in [1.807, 2.05) is 18.2 Å². The van der Waals surface area contributed by atoms with Crippen molar-refractivity contribution in [3.8, 4) is 0 Å². The Bertz CT molecular complexity index is 1130. The average molecular weight is 483 g/mol. The summed E-state index contributed by atoms with van der Waals surface area (Å²) in [5.74, 6) is -1.39. The van der Waals surface area contributed by atoms with Crippen LogP contribution in [0, 0.1) is 0 Å². The molecule has 0 spiro atoms. The molecule has 0 saturated carbocycles. The number of methoxy groups -OCH3 is 1. The Morgan fingerprint density at radius 1 is 1.20 bits per heavy atom. The molecule has 0 bridgehead atoms. The second-order valence-electron chi connectivity index (χ2n) is 6.27. The lowest BCUT2D eigenvalue weighted by Gasteiger charge is -2.21. The second-order valence-corrected chi connectivity index (χ2v) is 8.61. The number of carboxylic acid groups (broad SMARTS) is 1. The molecule has 10 heteroatoms. The quantitative estimate of drug-likeness (QED) is 0.315. The molecule has 1 aromatic heterocycles. The number of anilines is 1. The number of esters is 1. The van der Waals surface area contributed by atoms with E-state index in [9.17, 15) is 14.7 Å². The standard InChI is InChI=1S/C20H16Cl2N2O4S2/c1-28-19(27)17-7-10-6-12(3-5-16(10)30-17)23-20(29)24-15(9-18(25)26)13-4-2-11(21)8-14(13)22/h2-8,15H,9H2,1H3,(H,25,26)(H2,23,24,29)/t15-/m1/s1. The highest BCUT2D eigenvalue weighted by atomic mass is 35.5. The SMILES string of the molecule is COC(=O)c1cc2cc(NC(=S)N[C@H](CC(=O)O)c3ccc(Cl)cc3Cl)ccc2s1. The first-order valence-corrected chi connectivity index (χ1v) is 10.6. The number of rotatable bonds is 6. The van der Waals surface area contributed by atoms with Gasteiger partial charge in [-0.25, -0.2) is 4.79 Å². The fourth-order valence-corrected chi connectivity index (χ4v) is 4.61. The van der Waals surface area contributed by atoms with Gasteiger partial charge < -0.3 is 20.5 Å². The van der Waals surface area contributed by atoms with Crippen LogP contribution in [0.2, 0.25) is 10.0 Å². The first-order valence-electron chi connectivity index (χ1n) is 8.63. The predicted octanol–water partition coefficient (Wildman–Crippen LogP) is 5.50. The molecule has 3 N–H and O–H groups in total. The molecular weight excluding hydrogens is 467 g/mol. The molecule has 1 atom stereocenters. The minimum atomic E-state index is -1.00. The summed E-state index contributed by atoms with van der Waals surface area (Å²) in [5.41, 5.74) is 1.26. The summed E-state index contributed by atoms with van der Waals surface area (Å²) in [6, 6.07) is 11.5. The first kappa shape index (κ1) is 22.3. The number of thiophene rings is 1. The highest BCUT2D eigenvalue weighted by Gasteiger charge is 2.20. The number of ether oxygens (including phenoxy) is 1. The van der Waals surface area contributed by atoms with Gasteiger partial charge in [-0.1, -0.05) is 29.3 Å². The van der Waals surface area contributed by atoms with Crippen LogP contribution in [0.4, 0.5) is 5.69 Å². The van der Waals surface area contributed by atoms with E-state index in [1.165, 1.54) is 18.4 Å². The molecule has 0 aliphatic heterocycles. The molecule has 0 aliphatic rings. The number of carboxylic acids is 1. The van der Waals surface area contributed by atoms with Crippen LogP contribution < -0.4 is 10.6 Å². The zero-order valence-corrected chi connectivity index (χ0v) is 18.7. The van der Waals surface area contributed by atoms with Crippen LogP contribution in [0.25, 0.3) is 10.1 Å². The van der Waals surface area contributed by atoms with Crippen molar-refractivity contribution in [3.63, 3.8) is 0 Å². The van der Waals surface area contributed by atoms with Crippen molar-refractivity contribution in [2.24, 2.45) is 0 Å². The van der Waals surface area contributed by atoms with E-state index < -0.39 is 12.0 Å². The van der Waals surface area contributed by atoms with Crippen molar-refractivity contribution < 1.29 is 19.4 Å². The number of thiocarbonyl (C=S) groups is 1. The third-order valence-electron chi connectivity index (χ3n) is 4.18. The molecule has 0 saturated heterocycles. The number of carbonyl (C=O) groups is 2. The lowest BCUT2D eigenvalue weighted by atomic mass is 10.0. The molecule has 2 aromatic carbocycles. The summed E-state index contributed by atoms with van der Waals surface area (Å²) in [4.78, 5) is 23.5. The Morgan fingerprint density at radius 2 is 1.97 bits per heavy atom. The Hall–Kier alpha value is -2.39. The Balaban J connectivity index is 1.77. The van der Waals surface area contributed by atoms with Crippen LogP contribution in [0.1, 0.15) is 27.7 Å². The number of aliphatic carboxylic acids is 1. The highest BCUT2D eigenvalue weighted by Crippen LogP contribution is 2.30. The largest absolute Gasteiger partial charge is 0.481 e. The third-order valence-corrected chi connectivity index (χ3v) is 6.06. The van der Waals surface area contributed by atoms with Gasteiger partial charge in [0.25, 0.3) is 0 Å². The Kier molecular flexibility index (Phi) is 7.14. The van der Waals surface area contributed by atoms with Crippen LogP contribution in [0.15, 0.2) is 42.5 Å². The number of nitrogens with one attached hydrogen (secondary N) is 2. The minimum Gasteiger partial charge on any atom is -0.481 e. The summed E-state index contributed by atoms with van der Waals surface area (Å²) in [5, 5.41) is 17.2. The number of hydrogen-bond donors (Lipinski definition) is 3. The first-order chi connectivity index (χ1) is 14.3. The Labute approximate surface area is 191 Å². The van der Waals surface area contributed by atoms with Gasteiger partial charge in [-0.3, -0.25) is 4.79 Å². The van der Waals surface area contributed by atoms with E-state index in [4.69, 9.17) is 40.2 Å². The lowest BCUT2D eigenvalue weighted by Crippen LogP contribution is -2.33. The summed E-state index contributed by atoms with van der Waals surface area (Å²) in [6.45, 7) is 0. The summed E-state index contributed by atoms with van der Waals surface area (Å²) >= 11 is 18.9. The lowest BCUT2D eigenvalue weighted by molar-refractivity contribution is -0.137. The van der Waals surface area contributed by atoms with Crippen LogP contribution in [-0.4, -0.2) is 29.3 Å². The average Bonchev–Trinajstić information content (AvgIpc) is 3.10. The fourth-order valence-electron chi connectivity index (χ4n) is 2.85. The maximum atomic E-state index is 11.7. The van der Waals surface area contributed by atoms with Crippen LogP contribution in [-0.2, 0) is 9.53 Å². The fraction of sp³-hybridized carbons (Fsp3) is 0.150. The predicted molar refractivity (Wildman–Crippen MR) is 124 cm³/mol. The molecule has 6 nitrogen and oxygen atoms in total. The molecule has 30 heavy (non-hydrogen) atoms. The molecule has 3 aromatic rings. The number of fused-ring (bicyclic) bond motifs is 1. The maximum Gasteiger partial charge on any atom is 0.348 e.